The van der Waals surface area contributed by atoms with Crippen LogP contribution in [-0.4, -0.2) is 25.0 Å². The molecular weight excluding hydrogens is 375 g/mol. The maximum atomic E-state index is 11.2. The smallest absolute Gasteiger partial charge is 0.256 e. The van der Waals surface area contributed by atoms with Gasteiger partial charge in [-0.25, -0.2) is 15.0 Å². The molecule has 0 aliphatic rings. The second-order valence-corrected chi connectivity index (χ2v) is 6.28. The summed E-state index contributed by atoms with van der Waals surface area (Å²) in [5.41, 5.74) is 1.81. The highest BCUT2D eigenvalue weighted by Crippen LogP contribution is 2.28. The first-order chi connectivity index (χ1) is 12.4. The molecule has 0 spiro atoms. The van der Waals surface area contributed by atoms with Crippen molar-refractivity contribution in [1.29, 1.82) is 0 Å². The van der Waals surface area contributed by atoms with Crippen molar-refractivity contribution < 1.29 is 5.11 Å². The predicted molar refractivity (Wildman–Crippen MR) is 103 cm³/mol. The summed E-state index contributed by atoms with van der Waals surface area (Å²) in [5.74, 6) is 0.00634. The van der Waals surface area contributed by atoms with Crippen LogP contribution < -0.4 is 5.56 Å². The molecule has 0 amide bonds. The van der Waals surface area contributed by atoms with Crippen LogP contribution in [0.2, 0.25) is 10.2 Å². The van der Waals surface area contributed by atoms with E-state index in [4.69, 9.17) is 23.2 Å². The molecule has 0 fully saturated rings. The Bertz CT molecular complexity index is 1180. The van der Waals surface area contributed by atoms with Crippen molar-refractivity contribution in [3.63, 3.8) is 0 Å². The molecule has 0 bridgehead atoms. The van der Waals surface area contributed by atoms with E-state index in [1.165, 1.54) is 0 Å². The molecule has 0 aliphatic carbocycles. The van der Waals surface area contributed by atoms with E-state index in [2.05, 4.69) is 19.9 Å². The topological polar surface area (TPSA) is 91.8 Å². The zero-order chi connectivity index (χ0) is 18.8. The third-order valence-electron chi connectivity index (χ3n) is 3.86. The van der Waals surface area contributed by atoms with E-state index in [1.54, 1.807) is 31.5 Å². The fourth-order valence-corrected chi connectivity index (χ4v) is 2.79. The summed E-state index contributed by atoms with van der Waals surface area (Å²) in [6, 6.07) is 7.12. The molecule has 0 atom stereocenters. The molecule has 8 heteroatoms. The van der Waals surface area contributed by atoms with Crippen LogP contribution in [0.1, 0.15) is 11.1 Å². The van der Waals surface area contributed by atoms with Gasteiger partial charge < -0.3 is 10.1 Å². The number of hydrogen-bond donors (Lipinski definition) is 2. The van der Waals surface area contributed by atoms with Crippen molar-refractivity contribution in [2.75, 3.05) is 0 Å². The first kappa shape index (κ1) is 18.1. The van der Waals surface area contributed by atoms with Crippen LogP contribution >= 0.6 is 23.2 Å². The number of aromatic nitrogens is 4. The molecule has 0 saturated heterocycles. The van der Waals surface area contributed by atoms with Gasteiger partial charge in [0.25, 0.3) is 5.56 Å². The van der Waals surface area contributed by atoms with Gasteiger partial charge in [0.2, 0.25) is 0 Å². The highest BCUT2D eigenvalue weighted by molar-refractivity contribution is 6.38. The number of hydrogen-bond acceptors (Lipinski definition) is 5. The van der Waals surface area contributed by atoms with Crippen LogP contribution in [0, 0.1) is 13.8 Å². The standard InChI is InChI=1S/C9H6Cl2N2.C9H8N2O2/c1-5-7(10)6-3-2-4-12-9(6)13-8(5)11;1-5-7(12)6-3-2-4-10-8(6)11-9(5)13/h2-4H,1H3;2-4H,1H3,(H2,10,11,12,13). The molecule has 4 aromatic heterocycles. The summed E-state index contributed by atoms with van der Waals surface area (Å²) >= 11 is 11.9. The van der Waals surface area contributed by atoms with E-state index < -0.39 is 0 Å². The summed E-state index contributed by atoms with van der Waals surface area (Å²) in [7, 11) is 0. The van der Waals surface area contributed by atoms with Crippen LogP contribution in [0.5, 0.6) is 5.75 Å². The summed E-state index contributed by atoms with van der Waals surface area (Å²) in [6.45, 7) is 3.41. The van der Waals surface area contributed by atoms with E-state index in [9.17, 15) is 9.90 Å². The Hall–Kier alpha value is -2.70. The highest BCUT2D eigenvalue weighted by atomic mass is 35.5. The largest absolute Gasteiger partial charge is 0.507 e. The van der Waals surface area contributed by atoms with Crippen LogP contribution in [0.15, 0.2) is 41.5 Å². The lowest BCUT2D eigenvalue weighted by molar-refractivity contribution is 0.476. The van der Waals surface area contributed by atoms with Gasteiger partial charge in [0.15, 0.2) is 5.65 Å². The fourth-order valence-electron chi connectivity index (χ4n) is 2.33. The first-order valence-electron chi connectivity index (χ1n) is 7.63. The number of nitrogens with one attached hydrogen (secondary N) is 1. The molecule has 2 N–H and O–H groups in total. The Labute approximate surface area is 158 Å². The zero-order valence-electron chi connectivity index (χ0n) is 13.9. The number of nitrogens with zero attached hydrogens (tertiary/aromatic N) is 3. The van der Waals surface area contributed by atoms with Gasteiger partial charge in [0, 0.05) is 23.3 Å². The predicted octanol–water partition coefficient (Wildman–Crippen LogP) is 4.18. The molecule has 0 saturated carbocycles. The van der Waals surface area contributed by atoms with E-state index in [-0.39, 0.29) is 11.3 Å². The van der Waals surface area contributed by atoms with E-state index in [0.717, 1.165) is 10.9 Å². The molecule has 0 radical (unpaired) electrons. The second kappa shape index (κ2) is 7.27. The van der Waals surface area contributed by atoms with Crippen molar-refractivity contribution in [2.45, 2.75) is 13.8 Å². The van der Waals surface area contributed by atoms with Gasteiger partial charge in [-0.2, -0.15) is 0 Å². The third-order valence-corrected chi connectivity index (χ3v) is 4.71. The number of fused-ring (bicyclic) bond motifs is 2. The summed E-state index contributed by atoms with van der Waals surface area (Å²) < 4.78 is 0. The highest BCUT2D eigenvalue weighted by Gasteiger charge is 2.08. The lowest BCUT2D eigenvalue weighted by atomic mass is 10.2. The average Bonchev–Trinajstić information content (AvgIpc) is 2.65. The Morgan fingerprint density at radius 2 is 1.65 bits per heavy atom. The van der Waals surface area contributed by atoms with Crippen molar-refractivity contribution in [3.8, 4) is 5.75 Å². The summed E-state index contributed by atoms with van der Waals surface area (Å²) in [5, 5.41) is 12.0. The minimum atomic E-state index is -0.302. The van der Waals surface area contributed by atoms with Gasteiger partial charge in [-0.05, 0) is 38.1 Å². The first-order valence-corrected chi connectivity index (χ1v) is 8.38. The number of rotatable bonds is 0. The minimum Gasteiger partial charge on any atom is -0.507 e. The second-order valence-electron chi connectivity index (χ2n) is 5.54. The maximum absolute atomic E-state index is 11.2. The van der Waals surface area contributed by atoms with Gasteiger partial charge in [-0.1, -0.05) is 23.2 Å². The van der Waals surface area contributed by atoms with E-state index >= 15 is 0 Å². The van der Waals surface area contributed by atoms with Crippen molar-refractivity contribution in [1.82, 2.24) is 19.9 Å². The van der Waals surface area contributed by atoms with Gasteiger partial charge >= 0.3 is 0 Å². The molecule has 0 unspecified atom stereocenters. The zero-order valence-corrected chi connectivity index (χ0v) is 15.4. The van der Waals surface area contributed by atoms with E-state index in [1.807, 2.05) is 19.1 Å². The van der Waals surface area contributed by atoms with Crippen molar-refractivity contribution in [3.05, 3.63) is 68.3 Å². The molecule has 0 aromatic carbocycles. The Balaban J connectivity index is 0.000000151. The number of aromatic hydroxyl groups is 1. The molecule has 4 rings (SSSR count). The van der Waals surface area contributed by atoms with Crippen LogP contribution in [0.4, 0.5) is 0 Å². The summed E-state index contributed by atoms with van der Waals surface area (Å²) in [6.07, 6.45) is 3.23. The molecule has 26 heavy (non-hydrogen) atoms. The molecule has 4 heterocycles. The van der Waals surface area contributed by atoms with Crippen LogP contribution in [0.25, 0.3) is 22.1 Å². The molecule has 0 aliphatic heterocycles. The quantitative estimate of drug-likeness (QED) is 0.440. The van der Waals surface area contributed by atoms with Gasteiger partial charge in [0.05, 0.1) is 16.0 Å². The number of pyridine rings is 4. The van der Waals surface area contributed by atoms with E-state index in [0.29, 0.717) is 32.4 Å². The van der Waals surface area contributed by atoms with Gasteiger partial charge in [-0.15, -0.1) is 0 Å². The molecule has 6 nitrogen and oxygen atoms in total. The Morgan fingerprint density at radius 1 is 1.00 bits per heavy atom. The number of halogens is 2. The monoisotopic (exact) mass is 388 g/mol. The molecular formula is C18H14Cl2N4O2. The lowest BCUT2D eigenvalue weighted by Gasteiger charge is -2.03. The molecule has 4 aromatic rings. The third kappa shape index (κ3) is 3.34. The molecule has 132 valence electrons. The van der Waals surface area contributed by atoms with Gasteiger partial charge in [-0.3, -0.25) is 4.79 Å². The maximum Gasteiger partial charge on any atom is 0.256 e. The number of H-pyrrole nitrogens is 1. The average molecular weight is 389 g/mol. The Morgan fingerprint density at radius 3 is 2.38 bits per heavy atom. The number of aromatic amines is 1. The van der Waals surface area contributed by atoms with Crippen LogP contribution in [0.3, 0.4) is 0 Å². The van der Waals surface area contributed by atoms with Gasteiger partial charge in [0.1, 0.15) is 16.5 Å². The summed E-state index contributed by atoms with van der Waals surface area (Å²) in [4.78, 5) is 25.9. The van der Waals surface area contributed by atoms with Crippen molar-refractivity contribution in [2.24, 2.45) is 0 Å². The minimum absolute atomic E-state index is 0.00634. The lowest BCUT2D eigenvalue weighted by Crippen LogP contribution is -2.09. The normalized spacial score (nSPS) is 10.6. The van der Waals surface area contributed by atoms with Crippen LogP contribution in [-0.2, 0) is 0 Å². The Kier molecular flexibility index (Phi) is 5.06. The fraction of sp³-hybridized carbons (Fsp3) is 0.111. The SMILES string of the molecule is Cc1c(Cl)nc2ncccc2c1Cl.Cc1c(O)c2cccnc2[nH]c1=O. The van der Waals surface area contributed by atoms with Crippen molar-refractivity contribution >= 4 is 45.3 Å².